The van der Waals surface area contributed by atoms with Gasteiger partial charge < -0.3 is 14.8 Å². The lowest BCUT2D eigenvalue weighted by Gasteiger charge is -2.15. The molecule has 2 aromatic rings. The van der Waals surface area contributed by atoms with E-state index < -0.39 is 27.9 Å². The molecule has 0 bridgehead atoms. The zero-order valence-corrected chi connectivity index (χ0v) is 18.2. The minimum Gasteiger partial charge on any atom is -0.494 e. The first-order valence-electron chi connectivity index (χ1n) is 9.51. The number of hydrogen-bond donors (Lipinski definition) is 2. The summed E-state index contributed by atoms with van der Waals surface area (Å²) in [7, 11) is -3.90. The van der Waals surface area contributed by atoms with Crippen molar-refractivity contribution in [3.8, 4) is 5.75 Å². The van der Waals surface area contributed by atoms with Crippen molar-refractivity contribution in [3.05, 3.63) is 53.6 Å². The summed E-state index contributed by atoms with van der Waals surface area (Å²) < 4.78 is 37.9. The van der Waals surface area contributed by atoms with Crippen LogP contribution < -0.4 is 14.8 Å². The summed E-state index contributed by atoms with van der Waals surface area (Å²) in [6.07, 6.45) is 0. The maximum absolute atomic E-state index is 12.6. The summed E-state index contributed by atoms with van der Waals surface area (Å²) in [5.74, 6) is -0.388. The highest BCUT2D eigenvalue weighted by Gasteiger charge is 2.23. The number of carbonyl (C=O) groups excluding carboxylic acids is 2. The zero-order chi connectivity index (χ0) is 22.3. The van der Waals surface area contributed by atoms with Gasteiger partial charge in [-0.2, -0.15) is 4.72 Å². The van der Waals surface area contributed by atoms with Crippen LogP contribution >= 0.6 is 0 Å². The Labute approximate surface area is 176 Å². The first kappa shape index (κ1) is 23.4. The maximum atomic E-state index is 12.6. The van der Waals surface area contributed by atoms with Gasteiger partial charge in [0.1, 0.15) is 5.75 Å². The van der Waals surface area contributed by atoms with E-state index >= 15 is 0 Å². The molecule has 0 saturated heterocycles. The van der Waals surface area contributed by atoms with Crippen molar-refractivity contribution in [2.24, 2.45) is 0 Å². The average molecular weight is 435 g/mol. The van der Waals surface area contributed by atoms with Crippen LogP contribution in [0.1, 0.15) is 36.7 Å². The molecule has 0 aromatic heterocycles. The van der Waals surface area contributed by atoms with Crippen LogP contribution in [-0.2, 0) is 19.6 Å². The molecule has 162 valence electrons. The van der Waals surface area contributed by atoms with Gasteiger partial charge in [-0.3, -0.25) is 4.79 Å². The van der Waals surface area contributed by atoms with Gasteiger partial charge in [0, 0.05) is 5.69 Å². The molecule has 0 heterocycles. The first-order valence-corrected chi connectivity index (χ1v) is 11.0. The third-order valence-electron chi connectivity index (χ3n) is 4.15. The Morgan fingerprint density at radius 1 is 1.03 bits per heavy atom. The second kappa shape index (κ2) is 10.2. The SMILES string of the molecule is CCOC(=O)c1ccc(NC(=O)[C@@H](C)NS(=O)(=O)c2ccc(OCC)c(C)c2)cc1. The monoisotopic (exact) mass is 434 g/mol. The fourth-order valence-corrected chi connectivity index (χ4v) is 3.90. The standard InChI is InChI=1S/C21H26N2O6S/c1-5-28-19-12-11-18(13-14(19)3)30(26,27)23-15(4)20(24)22-17-9-7-16(8-10-17)21(25)29-6-2/h7-13,15,23H,5-6H2,1-4H3,(H,22,24)/t15-/m1/s1. The first-order chi connectivity index (χ1) is 14.2. The second-order valence-corrected chi connectivity index (χ2v) is 8.20. The fraction of sp³-hybridized carbons (Fsp3) is 0.333. The molecule has 0 fully saturated rings. The van der Waals surface area contributed by atoms with Crippen molar-refractivity contribution in [1.29, 1.82) is 0 Å². The predicted octanol–water partition coefficient (Wildman–Crippen LogP) is 2.88. The highest BCUT2D eigenvalue weighted by molar-refractivity contribution is 7.89. The van der Waals surface area contributed by atoms with Gasteiger partial charge in [0.05, 0.1) is 29.7 Å². The number of anilines is 1. The van der Waals surface area contributed by atoms with Crippen LogP contribution in [0, 0.1) is 6.92 Å². The van der Waals surface area contributed by atoms with E-state index in [1.54, 1.807) is 32.0 Å². The minimum atomic E-state index is -3.90. The van der Waals surface area contributed by atoms with Gasteiger partial charge in [-0.1, -0.05) is 0 Å². The van der Waals surface area contributed by atoms with Crippen LogP contribution in [0.2, 0.25) is 0 Å². The van der Waals surface area contributed by atoms with Crippen molar-refractivity contribution in [2.45, 2.75) is 38.6 Å². The van der Waals surface area contributed by atoms with Gasteiger partial charge in [0.25, 0.3) is 0 Å². The quantitative estimate of drug-likeness (QED) is 0.587. The number of hydrogen-bond acceptors (Lipinski definition) is 6. The topological polar surface area (TPSA) is 111 Å². The van der Waals surface area contributed by atoms with Crippen molar-refractivity contribution in [2.75, 3.05) is 18.5 Å². The van der Waals surface area contributed by atoms with Crippen LogP contribution in [-0.4, -0.2) is 39.5 Å². The van der Waals surface area contributed by atoms with Gasteiger partial charge in [-0.15, -0.1) is 0 Å². The number of sulfonamides is 1. The third kappa shape index (κ3) is 6.04. The minimum absolute atomic E-state index is 0.0434. The van der Waals surface area contributed by atoms with E-state index in [9.17, 15) is 18.0 Å². The van der Waals surface area contributed by atoms with Crippen LogP contribution in [0.25, 0.3) is 0 Å². The Morgan fingerprint density at radius 2 is 1.70 bits per heavy atom. The van der Waals surface area contributed by atoms with E-state index in [1.165, 1.54) is 31.2 Å². The van der Waals surface area contributed by atoms with Crippen LogP contribution in [0.15, 0.2) is 47.4 Å². The van der Waals surface area contributed by atoms with Crippen LogP contribution in [0.3, 0.4) is 0 Å². The summed E-state index contributed by atoms with van der Waals surface area (Å²) in [5, 5.41) is 2.61. The highest BCUT2D eigenvalue weighted by atomic mass is 32.2. The lowest BCUT2D eigenvalue weighted by molar-refractivity contribution is -0.117. The van der Waals surface area contributed by atoms with E-state index in [-0.39, 0.29) is 11.5 Å². The van der Waals surface area contributed by atoms with Gasteiger partial charge in [-0.25, -0.2) is 13.2 Å². The zero-order valence-electron chi connectivity index (χ0n) is 17.4. The number of aryl methyl sites for hydroxylation is 1. The van der Waals surface area contributed by atoms with Crippen LogP contribution in [0.5, 0.6) is 5.75 Å². The fourth-order valence-electron chi connectivity index (χ4n) is 2.62. The van der Waals surface area contributed by atoms with E-state index in [4.69, 9.17) is 9.47 Å². The van der Waals surface area contributed by atoms with E-state index in [0.29, 0.717) is 29.2 Å². The number of ether oxygens (including phenoxy) is 2. The largest absolute Gasteiger partial charge is 0.494 e. The summed E-state index contributed by atoms with van der Waals surface area (Å²) in [6, 6.07) is 9.61. The Balaban J connectivity index is 2.04. The molecule has 9 heteroatoms. The molecule has 2 rings (SSSR count). The molecular weight excluding hydrogens is 408 g/mol. The smallest absolute Gasteiger partial charge is 0.338 e. The molecule has 0 aliphatic rings. The third-order valence-corrected chi connectivity index (χ3v) is 5.68. The highest BCUT2D eigenvalue weighted by Crippen LogP contribution is 2.22. The molecule has 0 spiro atoms. The number of carbonyl (C=O) groups is 2. The summed E-state index contributed by atoms with van der Waals surface area (Å²) in [5.41, 5.74) is 1.46. The summed E-state index contributed by atoms with van der Waals surface area (Å²) in [6.45, 7) is 7.49. The molecule has 0 unspecified atom stereocenters. The lowest BCUT2D eigenvalue weighted by atomic mass is 10.2. The summed E-state index contributed by atoms with van der Waals surface area (Å²) >= 11 is 0. The van der Waals surface area contributed by atoms with Crippen molar-refractivity contribution < 1.29 is 27.5 Å². The van der Waals surface area contributed by atoms with E-state index in [1.807, 2.05) is 6.92 Å². The number of nitrogens with one attached hydrogen (secondary N) is 2. The van der Waals surface area contributed by atoms with Gasteiger partial charge in [-0.05, 0) is 75.7 Å². The number of rotatable bonds is 9. The summed E-state index contributed by atoms with van der Waals surface area (Å²) in [4.78, 5) is 24.1. The Morgan fingerprint density at radius 3 is 2.27 bits per heavy atom. The van der Waals surface area contributed by atoms with Gasteiger partial charge >= 0.3 is 5.97 Å². The van der Waals surface area contributed by atoms with E-state index in [0.717, 1.165) is 0 Å². The molecule has 30 heavy (non-hydrogen) atoms. The van der Waals surface area contributed by atoms with Crippen molar-refractivity contribution >= 4 is 27.6 Å². The molecule has 1 amide bonds. The van der Waals surface area contributed by atoms with Gasteiger partial charge in [0.2, 0.25) is 15.9 Å². The predicted molar refractivity (Wildman–Crippen MR) is 113 cm³/mol. The Hall–Kier alpha value is -2.91. The molecular formula is C21H26N2O6S. The molecule has 0 aliphatic carbocycles. The van der Waals surface area contributed by atoms with E-state index in [2.05, 4.69) is 10.0 Å². The second-order valence-electron chi connectivity index (χ2n) is 6.49. The normalized spacial score (nSPS) is 12.1. The average Bonchev–Trinajstić information content (AvgIpc) is 2.70. The Bertz CT molecular complexity index is 1000. The molecule has 0 saturated carbocycles. The molecule has 1 atom stereocenters. The molecule has 2 N–H and O–H groups in total. The number of benzene rings is 2. The molecule has 2 aromatic carbocycles. The van der Waals surface area contributed by atoms with Crippen LogP contribution in [0.4, 0.5) is 5.69 Å². The number of amides is 1. The number of esters is 1. The lowest BCUT2D eigenvalue weighted by Crippen LogP contribution is -2.41. The van der Waals surface area contributed by atoms with Crippen molar-refractivity contribution in [1.82, 2.24) is 4.72 Å². The molecule has 8 nitrogen and oxygen atoms in total. The molecule has 0 radical (unpaired) electrons. The Kier molecular flexibility index (Phi) is 7.96. The van der Waals surface area contributed by atoms with Gasteiger partial charge in [0.15, 0.2) is 0 Å². The van der Waals surface area contributed by atoms with Crippen molar-refractivity contribution in [3.63, 3.8) is 0 Å². The molecule has 0 aliphatic heterocycles. The maximum Gasteiger partial charge on any atom is 0.338 e.